The normalized spacial score (nSPS) is 17.0. The summed E-state index contributed by atoms with van der Waals surface area (Å²) >= 11 is 0. The van der Waals surface area contributed by atoms with Crippen LogP contribution in [0.3, 0.4) is 0 Å². The van der Waals surface area contributed by atoms with Gasteiger partial charge in [-0.1, -0.05) is 60.7 Å². The molecule has 1 fully saturated rings. The van der Waals surface area contributed by atoms with Gasteiger partial charge < -0.3 is 10.2 Å². The van der Waals surface area contributed by atoms with Crippen molar-refractivity contribution in [1.29, 1.82) is 0 Å². The quantitative estimate of drug-likeness (QED) is 0.160. The number of fused-ring (bicyclic) bond motifs is 1. The number of nitro benzene ring substituents is 1. The van der Waals surface area contributed by atoms with E-state index in [1.165, 1.54) is 17.7 Å². The fourth-order valence-corrected chi connectivity index (χ4v) is 5.82. The molecular weight excluding hydrogens is 568 g/mol. The second-order valence-corrected chi connectivity index (χ2v) is 11.3. The molecule has 0 aliphatic carbocycles. The highest BCUT2D eigenvalue weighted by Gasteiger charge is 2.36. The van der Waals surface area contributed by atoms with E-state index in [9.17, 15) is 19.7 Å². The SMILES string of the molecule is CN(C(=O)CN1CCN(Cc2ccccc2)CC1)c1ccc(N=C(c2ccccc2)C2C(=O)Nc3ccc([N+](=O)[O-])cc32)cc1. The maximum absolute atomic E-state index is 13.2. The maximum atomic E-state index is 13.2. The largest absolute Gasteiger partial charge is 0.325 e. The maximum Gasteiger partial charge on any atom is 0.269 e. The first-order chi connectivity index (χ1) is 21.9. The van der Waals surface area contributed by atoms with Gasteiger partial charge in [0.1, 0.15) is 5.92 Å². The Morgan fingerprint density at radius 1 is 0.911 bits per heavy atom. The third kappa shape index (κ3) is 6.82. The number of non-ortho nitro benzene ring substituents is 1. The van der Waals surface area contributed by atoms with Crippen LogP contribution in [0.1, 0.15) is 22.6 Å². The number of anilines is 2. The van der Waals surface area contributed by atoms with Crippen LogP contribution in [0.2, 0.25) is 0 Å². The third-order valence-electron chi connectivity index (χ3n) is 8.35. The number of carbonyl (C=O) groups is 2. The summed E-state index contributed by atoms with van der Waals surface area (Å²) < 4.78 is 0. The molecule has 0 aromatic heterocycles. The summed E-state index contributed by atoms with van der Waals surface area (Å²) in [5.74, 6) is -1.11. The number of piperazine rings is 1. The van der Waals surface area contributed by atoms with Gasteiger partial charge >= 0.3 is 0 Å². The highest BCUT2D eigenvalue weighted by atomic mass is 16.6. The molecule has 0 spiro atoms. The van der Waals surface area contributed by atoms with E-state index in [0.29, 0.717) is 29.2 Å². The van der Waals surface area contributed by atoms with Crippen LogP contribution in [-0.4, -0.2) is 72.0 Å². The van der Waals surface area contributed by atoms with Gasteiger partial charge in [-0.15, -0.1) is 0 Å². The van der Waals surface area contributed by atoms with Gasteiger partial charge in [0.05, 0.1) is 22.9 Å². The predicted molar refractivity (Wildman–Crippen MR) is 175 cm³/mol. The highest BCUT2D eigenvalue weighted by molar-refractivity contribution is 6.24. The number of likely N-dealkylation sites (N-methyl/N-ethyl adjacent to an activating group) is 1. The number of hydrogen-bond donors (Lipinski definition) is 1. The molecular formula is C35H34N6O4. The van der Waals surface area contributed by atoms with Crippen molar-refractivity contribution in [3.8, 4) is 0 Å². The molecule has 2 heterocycles. The Labute approximate surface area is 261 Å². The molecule has 4 aromatic carbocycles. The van der Waals surface area contributed by atoms with Crippen molar-refractivity contribution in [1.82, 2.24) is 9.80 Å². The molecule has 0 saturated carbocycles. The molecule has 2 amide bonds. The molecule has 10 heteroatoms. The van der Waals surface area contributed by atoms with Gasteiger partial charge in [0.15, 0.2) is 0 Å². The van der Waals surface area contributed by atoms with Gasteiger partial charge in [-0.2, -0.15) is 0 Å². The molecule has 228 valence electrons. The average molecular weight is 603 g/mol. The van der Waals surface area contributed by atoms with E-state index in [0.717, 1.165) is 44.0 Å². The average Bonchev–Trinajstić information content (AvgIpc) is 3.40. The van der Waals surface area contributed by atoms with Gasteiger partial charge in [-0.3, -0.25) is 34.5 Å². The number of carbonyl (C=O) groups excluding carboxylic acids is 2. The van der Waals surface area contributed by atoms with Crippen molar-refractivity contribution in [3.05, 3.63) is 130 Å². The van der Waals surface area contributed by atoms with Crippen molar-refractivity contribution in [2.75, 3.05) is 50.0 Å². The van der Waals surface area contributed by atoms with Gasteiger partial charge in [-0.05, 0) is 41.5 Å². The first kappa shape index (κ1) is 29.9. The summed E-state index contributed by atoms with van der Waals surface area (Å²) in [5.41, 5.74) is 4.81. The molecule has 10 nitrogen and oxygen atoms in total. The van der Waals surface area contributed by atoms with Crippen molar-refractivity contribution < 1.29 is 14.5 Å². The number of rotatable bonds is 9. The molecule has 1 atom stereocenters. The molecule has 0 bridgehead atoms. The van der Waals surface area contributed by atoms with Gasteiger partial charge in [0, 0.05) is 68.8 Å². The molecule has 1 saturated heterocycles. The minimum absolute atomic E-state index is 0.00793. The second-order valence-electron chi connectivity index (χ2n) is 11.3. The van der Waals surface area contributed by atoms with E-state index in [4.69, 9.17) is 4.99 Å². The zero-order valence-corrected chi connectivity index (χ0v) is 25.0. The van der Waals surface area contributed by atoms with Crippen LogP contribution in [-0.2, 0) is 16.1 Å². The molecule has 0 radical (unpaired) electrons. The van der Waals surface area contributed by atoms with E-state index >= 15 is 0 Å². The van der Waals surface area contributed by atoms with Crippen LogP contribution in [0.15, 0.2) is 108 Å². The predicted octanol–water partition coefficient (Wildman–Crippen LogP) is 5.23. The Kier molecular flexibility index (Phi) is 8.77. The summed E-state index contributed by atoms with van der Waals surface area (Å²) in [6, 6.07) is 31.4. The summed E-state index contributed by atoms with van der Waals surface area (Å²) in [4.78, 5) is 48.5. The monoisotopic (exact) mass is 602 g/mol. The van der Waals surface area contributed by atoms with Crippen LogP contribution in [0.5, 0.6) is 0 Å². The first-order valence-electron chi connectivity index (χ1n) is 14.9. The number of nitrogens with zero attached hydrogens (tertiary/aromatic N) is 5. The Morgan fingerprint density at radius 3 is 2.22 bits per heavy atom. The summed E-state index contributed by atoms with van der Waals surface area (Å²) in [5, 5.41) is 14.3. The zero-order valence-electron chi connectivity index (χ0n) is 25.0. The second kappa shape index (κ2) is 13.2. The number of aliphatic imine (C=N–C) groups is 1. The van der Waals surface area contributed by atoms with Crippen LogP contribution < -0.4 is 10.2 Å². The number of nitrogens with one attached hydrogen (secondary N) is 1. The van der Waals surface area contributed by atoms with Gasteiger partial charge in [0.25, 0.3) is 5.69 Å². The number of nitro groups is 1. The Bertz CT molecular complexity index is 1720. The lowest BCUT2D eigenvalue weighted by Gasteiger charge is -2.35. The lowest BCUT2D eigenvalue weighted by Crippen LogP contribution is -2.49. The molecule has 2 aliphatic rings. The highest BCUT2D eigenvalue weighted by Crippen LogP contribution is 2.38. The smallest absolute Gasteiger partial charge is 0.269 e. The van der Waals surface area contributed by atoms with E-state index in [1.54, 1.807) is 18.0 Å². The third-order valence-corrected chi connectivity index (χ3v) is 8.35. The minimum atomic E-state index is -0.820. The van der Waals surface area contributed by atoms with Crippen molar-refractivity contribution in [3.63, 3.8) is 0 Å². The van der Waals surface area contributed by atoms with Gasteiger partial charge in [-0.25, -0.2) is 0 Å². The zero-order chi connectivity index (χ0) is 31.3. The van der Waals surface area contributed by atoms with E-state index in [-0.39, 0.29) is 17.5 Å². The van der Waals surface area contributed by atoms with Gasteiger partial charge in [0.2, 0.25) is 11.8 Å². The van der Waals surface area contributed by atoms with Crippen molar-refractivity contribution in [2.45, 2.75) is 12.5 Å². The topological polar surface area (TPSA) is 111 Å². The van der Waals surface area contributed by atoms with Crippen molar-refractivity contribution in [2.24, 2.45) is 4.99 Å². The van der Waals surface area contributed by atoms with Crippen LogP contribution in [0, 0.1) is 10.1 Å². The summed E-state index contributed by atoms with van der Waals surface area (Å²) in [6.07, 6.45) is 0. The van der Waals surface area contributed by atoms with Crippen LogP contribution in [0.25, 0.3) is 0 Å². The molecule has 45 heavy (non-hydrogen) atoms. The Morgan fingerprint density at radius 2 is 1.56 bits per heavy atom. The standard InChI is InChI=1S/C35H34N6O4/c1-38(32(42)24-40-20-18-39(19-21-40)23-25-8-4-2-5-9-25)28-14-12-27(13-15-28)36-34(26-10-6-3-7-11-26)33-30-22-29(41(44)45)16-17-31(30)37-35(33)43/h2-17,22,33H,18-21,23-24H2,1H3,(H,37,43). The number of hydrogen-bond acceptors (Lipinski definition) is 7. The van der Waals surface area contributed by atoms with Crippen molar-refractivity contribution >= 4 is 40.3 Å². The lowest BCUT2D eigenvalue weighted by molar-refractivity contribution is -0.384. The molecule has 1 N–H and O–H groups in total. The van der Waals surface area contributed by atoms with Crippen LogP contribution >= 0.6 is 0 Å². The lowest BCUT2D eigenvalue weighted by atomic mass is 9.90. The Balaban J connectivity index is 1.15. The first-order valence-corrected chi connectivity index (χ1v) is 14.9. The van der Waals surface area contributed by atoms with Crippen LogP contribution in [0.4, 0.5) is 22.7 Å². The molecule has 2 aliphatic heterocycles. The molecule has 6 rings (SSSR count). The van der Waals surface area contributed by atoms with E-state index in [2.05, 4.69) is 39.4 Å². The molecule has 1 unspecified atom stereocenters. The number of benzene rings is 4. The fourth-order valence-electron chi connectivity index (χ4n) is 5.82. The number of amides is 2. The Hall–Kier alpha value is -5.19. The fraction of sp³-hybridized carbons (Fsp3) is 0.229. The van der Waals surface area contributed by atoms with E-state index < -0.39 is 10.8 Å². The summed E-state index contributed by atoms with van der Waals surface area (Å²) in [7, 11) is 1.77. The molecule has 4 aromatic rings. The summed E-state index contributed by atoms with van der Waals surface area (Å²) in [6.45, 7) is 4.77. The van der Waals surface area contributed by atoms with E-state index in [1.807, 2.05) is 60.7 Å². The minimum Gasteiger partial charge on any atom is -0.325 e.